The molecule has 9 heteroatoms. The van der Waals surface area contributed by atoms with Gasteiger partial charge in [0.25, 0.3) is 0 Å². The highest BCUT2D eigenvalue weighted by molar-refractivity contribution is 4.95. The Labute approximate surface area is 155 Å². The molecule has 4 aliphatic rings. The van der Waals surface area contributed by atoms with Crippen molar-refractivity contribution in [3.8, 4) is 0 Å². The van der Waals surface area contributed by atoms with Gasteiger partial charge < -0.3 is 23.7 Å². The van der Waals surface area contributed by atoms with Crippen molar-refractivity contribution in [1.29, 1.82) is 0 Å². The van der Waals surface area contributed by atoms with Crippen molar-refractivity contribution >= 4 is 0 Å². The molecular weight excluding hydrogens is 372 g/mol. The average molecular weight is 398 g/mol. The third kappa shape index (κ3) is 3.73. The van der Waals surface area contributed by atoms with Gasteiger partial charge in [-0.25, -0.2) is 0 Å². The van der Waals surface area contributed by atoms with E-state index in [1.165, 1.54) is 0 Å². The van der Waals surface area contributed by atoms with Crippen LogP contribution in [0.5, 0.6) is 0 Å². The summed E-state index contributed by atoms with van der Waals surface area (Å²) in [6.07, 6.45) is -1.63. The van der Waals surface area contributed by atoms with Crippen LogP contribution < -0.4 is 0 Å². The van der Waals surface area contributed by atoms with Gasteiger partial charge in [0.05, 0.1) is 13.2 Å². The minimum absolute atomic E-state index is 0.00287. The Kier molecular flexibility index (Phi) is 4.99. The topological polar surface area (TPSA) is 46.2 Å². The van der Waals surface area contributed by atoms with Crippen molar-refractivity contribution in [3.05, 3.63) is 0 Å². The fourth-order valence-corrected chi connectivity index (χ4v) is 4.50. The van der Waals surface area contributed by atoms with Gasteiger partial charge in [0.2, 0.25) is 0 Å². The molecule has 2 aliphatic heterocycles. The highest BCUT2D eigenvalue weighted by Gasteiger charge is 2.60. The summed E-state index contributed by atoms with van der Waals surface area (Å²) >= 11 is 0. The lowest BCUT2D eigenvalue weighted by Gasteiger charge is -2.34. The van der Waals surface area contributed by atoms with Crippen LogP contribution in [0.2, 0.25) is 0 Å². The van der Waals surface area contributed by atoms with Crippen LogP contribution in [-0.4, -0.2) is 55.1 Å². The molecule has 2 aliphatic carbocycles. The smallest absolute Gasteiger partial charge is 0.347 e. The molecule has 0 radical (unpaired) electrons. The molecule has 0 N–H and O–H groups in total. The van der Waals surface area contributed by atoms with Gasteiger partial charge in [0.1, 0.15) is 18.3 Å². The van der Waals surface area contributed by atoms with Gasteiger partial charge in [-0.05, 0) is 25.7 Å². The fraction of sp³-hybridized carbons (Fsp3) is 1.00. The van der Waals surface area contributed by atoms with E-state index in [1.807, 2.05) is 0 Å². The first-order valence-electron chi connectivity index (χ1n) is 9.71. The lowest BCUT2D eigenvalue weighted by atomic mass is 10.1. The summed E-state index contributed by atoms with van der Waals surface area (Å²) in [6, 6.07) is 0. The molecule has 4 rings (SSSR count). The lowest BCUT2D eigenvalue weighted by Crippen LogP contribution is -2.52. The summed E-state index contributed by atoms with van der Waals surface area (Å²) in [6.45, 7) is 0.144. The monoisotopic (exact) mass is 398 g/mol. The van der Waals surface area contributed by atoms with E-state index in [2.05, 4.69) is 4.74 Å². The fourth-order valence-electron chi connectivity index (χ4n) is 4.50. The van der Waals surface area contributed by atoms with Crippen LogP contribution in [-0.2, 0) is 23.7 Å². The first kappa shape index (κ1) is 19.8. The summed E-state index contributed by atoms with van der Waals surface area (Å²) in [5, 5.41) is 0. The quantitative estimate of drug-likeness (QED) is 0.656. The van der Waals surface area contributed by atoms with E-state index >= 15 is 0 Å². The van der Waals surface area contributed by atoms with Crippen molar-refractivity contribution in [3.63, 3.8) is 0 Å². The van der Waals surface area contributed by atoms with E-state index < -0.39 is 41.9 Å². The maximum absolute atomic E-state index is 14.1. The summed E-state index contributed by atoms with van der Waals surface area (Å²) in [5.74, 6) is -5.97. The molecule has 2 heterocycles. The Balaban J connectivity index is 1.52. The van der Waals surface area contributed by atoms with E-state index in [4.69, 9.17) is 18.9 Å². The highest BCUT2D eigenvalue weighted by Crippen LogP contribution is 2.46. The molecule has 0 amide bonds. The second-order valence-corrected chi connectivity index (χ2v) is 8.16. The summed E-state index contributed by atoms with van der Waals surface area (Å²) in [7, 11) is 0. The molecule has 27 heavy (non-hydrogen) atoms. The molecule has 2 saturated carbocycles. The third-order valence-corrected chi connectivity index (χ3v) is 6.01. The number of hydrogen-bond donors (Lipinski definition) is 0. The minimum Gasteiger partial charge on any atom is -0.347 e. The van der Waals surface area contributed by atoms with Crippen LogP contribution in [0, 0.1) is 0 Å². The molecule has 2 unspecified atom stereocenters. The largest absolute Gasteiger partial charge is 0.419 e. The highest BCUT2D eigenvalue weighted by atomic mass is 19.3. The average Bonchev–Trinajstić information content (AvgIpc) is 3.37. The van der Waals surface area contributed by atoms with E-state index in [0.717, 1.165) is 25.7 Å². The second-order valence-electron chi connectivity index (χ2n) is 8.16. The third-order valence-electron chi connectivity index (χ3n) is 6.01. The van der Waals surface area contributed by atoms with E-state index in [9.17, 15) is 17.6 Å². The molecule has 2 saturated heterocycles. The molecule has 0 bridgehead atoms. The minimum atomic E-state index is -4.65. The standard InChI is InChI=1S/C18H26F4O5/c1-15(19,20)18(21,22)27-14(12-10-23-16(25-12)6-2-3-7-16)13-11-24-17(26-13)8-4-5-9-17/h12-14H,2-11H2,1H3. The lowest BCUT2D eigenvalue weighted by molar-refractivity contribution is -0.373. The predicted molar refractivity (Wildman–Crippen MR) is 84.5 cm³/mol. The summed E-state index contributed by atoms with van der Waals surface area (Å²) in [5.41, 5.74) is 0. The van der Waals surface area contributed by atoms with Gasteiger partial charge >= 0.3 is 12.0 Å². The SMILES string of the molecule is CC(F)(F)C(F)(F)OC(C1COC2(CCCC2)O1)C1COC2(CCCC2)O1. The summed E-state index contributed by atoms with van der Waals surface area (Å²) < 4.78 is 83.0. The zero-order valence-electron chi connectivity index (χ0n) is 15.4. The number of hydrogen-bond acceptors (Lipinski definition) is 5. The number of rotatable bonds is 5. The van der Waals surface area contributed by atoms with Gasteiger partial charge in [0.15, 0.2) is 11.6 Å². The molecule has 0 aromatic carbocycles. The Morgan fingerprint density at radius 2 is 1.22 bits per heavy atom. The normalized spacial score (nSPS) is 34.1. The molecule has 2 spiro atoms. The number of halogens is 4. The van der Waals surface area contributed by atoms with Crippen molar-refractivity contribution in [1.82, 2.24) is 0 Å². The molecule has 0 aromatic rings. The number of ether oxygens (including phenoxy) is 5. The van der Waals surface area contributed by atoms with Crippen LogP contribution in [0.25, 0.3) is 0 Å². The first-order valence-corrected chi connectivity index (χ1v) is 9.71. The molecule has 4 fully saturated rings. The van der Waals surface area contributed by atoms with Crippen LogP contribution in [0.3, 0.4) is 0 Å². The maximum Gasteiger partial charge on any atom is 0.419 e. The van der Waals surface area contributed by atoms with Gasteiger partial charge in [-0.2, -0.15) is 17.6 Å². The van der Waals surface area contributed by atoms with Crippen molar-refractivity contribution in [2.45, 2.75) is 100 Å². The second kappa shape index (κ2) is 6.79. The molecule has 0 aromatic heterocycles. The maximum atomic E-state index is 14.1. The van der Waals surface area contributed by atoms with Crippen molar-refractivity contribution in [2.75, 3.05) is 13.2 Å². The predicted octanol–water partition coefficient (Wildman–Crippen LogP) is 3.99. The van der Waals surface area contributed by atoms with Gasteiger partial charge in [-0.1, -0.05) is 0 Å². The molecular formula is C18H26F4O5. The van der Waals surface area contributed by atoms with Gasteiger partial charge in [-0.15, -0.1) is 0 Å². The Morgan fingerprint density at radius 1 is 0.815 bits per heavy atom. The molecule has 156 valence electrons. The van der Waals surface area contributed by atoms with Gasteiger partial charge in [-0.3, -0.25) is 0 Å². The Hall–Kier alpha value is -0.480. The van der Waals surface area contributed by atoms with Gasteiger partial charge in [0, 0.05) is 32.6 Å². The first-order chi connectivity index (χ1) is 12.6. The summed E-state index contributed by atoms with van der Waals surface area (Å²) in [4.78, 5) is 0. The Morgan fingerprint density at radius 3 is 1.59 bits per heavy atom. The van der Waals surface area contributed by atoms with Crippen LogP contribution in [0.15, 0.2) is 0 Å². The van der Waals surface area contributed by atoms with E-state index in [-0.39, 0.29) is 20.1 Å². The van der Waals surface area contributed by atoms with Crippen LogP contribution in [0.1, 0.15) is 58.3 Å². The Bertz CT molecular complexity index is 506. The van der Waals surface area contributed by atoms with Crippen LogP contribution in [0.4, 0.5) is 17.6 Å². The van der Waals surface area contributed by atoms with Crippen LogP contribution >= 0.6 is 0 Å². The van der Waals surface area contributed by atoms with Crippen molar-refractivity contribution in [2.24, 2.45) is 0 Å². The van der Waals surface area contributed by atoms with Crippen molar-refractivity contribution < 1.29 is 41.2 Å². The number of alkyl halides is 4. The van der Waals surface area contributed by atoms with E-state index in [0.29, 0.717) is 25.7 Å². The molecule has 2 atom stereocenters. The zero-order valence-corrected chi connectivity index (χ0v) is 15.4. The molecule has 5 nitrogen and oxygen atoms in total. The zero-order chi connectivity index (χ0) is 19.3. The van der Waals surface area contributed by atoms with E-state index in [1.54, 1.807) is 0 Å².